The van der Waals surface area contributed by atoms with Gasteiger partial charge in [-0.3, -0.25) is 0 Å². The summed E-state index contributed by atoms with van der Waals surface area (Å²) in [6, 6.07) is 4.67. The molecule has 0 fully saturated rings. The molecule has 4 nitrogen and oxygen atoms in total. The number of rotatable bonds is 3. The Morgan fingerprint density at radius 1 is 1.37 bits per heavy atom. The van der Waals surface area contributed by atoms with Crippen molar-refractivity contribution in [2.75, 3.05) is 0 Å². The summed E-state index contributed by atoms with van der Waals surface area (Å²) in [6.07, 6.45) is 1.43. The Morgan fingerprint density at radius 2 is 2.05 bits per heavy atom. The molecule has 2 rings (SSSR count). The summed E-state index contributed by atoms with van der Waals surface area (Å²) in [5, 5.41) is 13.0. The molecule has 0 atom stereocenters. The van der Waals surface area contributed by atoms with Gasteiger partial charge in [-0.25, -0.2) is 9.48 Å². The first-order valence-corrected chi connectivity index (χ1v) is 5.98. The Labute approximate surface area is 110 Å². The molecule has 0 spiro atoms. The second-order valence-corrected chi connectivity index (χ2v) is 4.78. The highest BCUT2D eigenvalue weighted by molar-refractivity contribution is 5.89. The zero-order chi connectivity index (χ0) is 14.2. The number of aromatic nitrogens is 2. The minimum absolute atomic E-state index is 0.0856. The number of halogens is 1. The van der Waals surface area contributed by atoms with Crippen LogP contribution in [-0.2, 0) is 0 Å². The number of carboxylic acids is 1. The summed E-state index contributed by atoms with van der Waals surface area (Å²) in [5.74, 6) is -1.47. The van der Waals surface area contributed by atoms with E-state index in [0.717, 1.165) is 5.56 Å². The van der Waals surface area contributed by atoms with Gasteiger partial charge >= 0.3 is 5.97 Å². The zero-order valence-electron chi connectivity index (χ0n) is 11.0. The van der Waals surface area contributed by atoms with Crippen LogP contribution in [0.4, 0.5) is 4.39 Å². The topological polar surface area (TPSA) is 55.1 Å². The second-order valence-electron chi connectivity index (χ2n) is 4.78. The molecule has 0 aliphatic carbocycles. The first-order valence-electron chi connectivity index (χ1n) is 5.98. The lowest BCUT2D eigenvalue weighted by Crippen LogP contribution is -2.05. The molecule has 0 saturated carbocycles. The Hall–Kier alpha value is -2.17. The van der Waals surface area contributed by atoms with Gasteiger partial charge in [-0.05, 0) is 44.0 Å². The maximum Gasteiger partial charge on any atom is 0.335 e. The van der Waals surface area contributed by atoms with E-state index in [-0.39, 0.29) is 11.6 Å². The number of aryl methyl sites for hydroxylation is 1. The van der Waals surface area contributed by atoms with Gasteiger partial charge in [-0.1, -0.05) is 6.07 Å². The van der Waals surface area contributed by atoms with E-state index < -0.39 is 11.9 Å². The smallest absolute Gasteiger partial charge is 0.335 e. The van der Waals surface area contributed by atoms with Crippen molar-refractivity contribution >= 4 is 5.97 Å². The summed E-state index contributed by atoms with van der Waals surface area (Å²) < 4.78 is 15.5. The van der Waals surface area contributed by atoms with Crippen LogP contribution >= 0.6 is 0 Å². The number of hydrogen-bond donors (Lipinski definition) is 1. The minimum Gasteiger partial charge on any atom is -0.478 e. The summed E-state index contributed by atoms with van der Waals surface area (Å²) in [4.78, 5) is 11.0. The van der Waals surface area contributed by atoms with Crippen molar-refractivity contribution in [3.05, 3.63) is 41.5 Å². The van der Waals surface area contributed by atoms with Gasteiger partial charge in [0.1, 0.15) is 0 Å². The number of aromatic carboxylic acids is 1. The van der Waals surface area contributed by atoms with Crippen molar-refractivity contribution in [3.63, 3.8) is 0 Å². The average Bonchev–Trinajstić information content (AvgIpc) is 2.70. The van der Waals surface area contributed by atoms with Gasteiger partial charge in [-0.2, -0.15) is 9.49 Å². The van der Waals surface area contributed by atoms with Gasteiger partial charge in [0, 0.05) is 6.04 Å². The van der Waals surface area contributed by atoms with Crippen LogP contribution in [0.5, 0.6) is 0 Å². The summed E-state index contributed by atoms with van der Waals surface area (Å²) in [5.41, 5.74) is 1.76. The Morgan fingerprint density at radius 3 is 2.58 bits per heavy atom. The van der Waals surface area contributed by atoms with Gasteiger partial charge in [0.05, 0.1) is 17.3 Å². The third kappa shape index (κ3) is 2.50. The Balaban J connectivity index is 2.56. The van der Waals surface area contributed by atoms with Crippen molar-refractivity contribution in [1.82, 2.24) is 9.78 Å². The fourth-order valence-electron chi connectivity index (χ4n) is 1.96. The van der Waals surface area contributed by atoms with Crippen LogP contribution in [0.15, 0.2) is 24.4 Å². The van der Waals surface area contributed by atoms with Gasteiger partial charge in [0.25, 0.3) is 0 Å². The predicted octanol–water partition coefficient (Wildman–Crippen LogP) is 3.28. The van der Waals surface area contributed by atoms with E-state index in [4.69, 9.17) is 5.11 Å². The molecular weight excluding hydrogens is 247 g/mol. The third-order valence-electron chi connectivity index (χ3n) is 2.86. The number of benzene rings is 1. The summed E-state index contributed by atoms with van der Waals surface area (Å²) in [6.45, 7) is 5.44. The molecule has 1 aromatic heterocycles. The monoisotopic (exact) mass is 262 g/mol. The van der Waals surface area contributed by atoms with Crippen LogP contribution < -0.4 is 0 Å². The van der Waals surface area contributed by atoms with Crippen LogP contribution in [-0.4, -0.2) is 20.9 Å². The number of carboxylic acid groups (broad SMARTS) is 1. The predicted molar refractivity (Wildman–Crippen MR) is 69.7 cm³/mol. The molecule has 0 saturated heterocycles. The van der Waals surface area contributed by atoms with Crippen LogP contribution in [0, 0.1) is 12.9 Å². The van der Waals surface area contributed by atoms with Crippen molar-refractivity contribution in [2.45, 2.75) is 26.8 Å². The van der Waals surface area contributed by atoms with E-state index in [2.05, 4.69) is 5.10 Å². The normalized spacial score (nSPS) is 11.0. The standard InChI is InChI=1S/C14H15FN2O2/c1-8(2)17-13(15)12(7-16-17)10-4-9(3)5-11(6-10)14(18)19/h4-8H,1-3H3,(H,18,19). The fraction of sp³-hybridized carbons (Fsp3) is 0.286. The second kappa shape index (κ2) is 4.84. The van der Waals surface area contributed by atoms with E-state index in [1.54, 1.807) is 19.1 Å². The molecule has 19 heavy (non-hydrogen) atoms. The van der Waals surface area contributed by atoms with Crippen LogP contribution in [0.1, 0.15) is 35.8 Å². The highest BCUT2D eigenvalue weighted by atomic mass is 19.1. The maximum absolute atomic E-state index is 14.2. The zero-order valence-corrected chi connectivity index (χ0v) is 11.0. The molecule has 0 aliphatic rings. The number of carbonyl (C=O) groups is 1. The van der Waals surface area contributed by atoms with E-state index in [9.17, 15) is 9.18 Å². The molecule has 0 amide bonds. The maximum atomic E-state index is 14.2. The molecule has 0 radical (unpaired) electrons. The van der Waals surface area contributed by atoms with E-state index >= 15 is 0 Å². The van der Waals surface area contributed by atoms with Crippen molar-refractivity contribution in [3.8, 4) is 11.1 Å². The van der Waals surface area contributed by atoms with E-state index in [1.807, 2.05) is 13.8 Å². The molecular formula is C14H15FN2O2. The summed E-state index contributed by atoms with van der Waals surface area (Å²) in [7, 11) is 0. The highest BCUT2D eigenvalue weighted by Gasteiger charge is 2.16. The molecule has 1 heterocycles. The first-order chi connectivity index (χ1) is 8.90. The molecule has 1 aromatic carbocycles. The van der Waals surface area contributed by atoms with Crippen LogP contribution in [0.2, 0.25) is 0 Å². The van der Waals surface area contributed by atoms with E-state index in [1.165, 1.54) is 16.9 Å². The van der Waals surface area contributed by atoms with Crippen molar-refractivity contribution in [2.24, 2.45) is 0 Å². The summed E-state index contributed by atoms with van der Waals surface area (Å²) >= 11 is 0. The SMILES string of the molecule is Cc1cc(C(=O)O)cc(-c2cnn(C(C)C)c2F)c1. The first kappa shape index (κ1) is 13.3. The van der Waals surface area contributed by atoms with E-state index in [0.29, 0.717) is 11.1 Å². The number of hydrogen-bond acceptors (Lipinski definition) is 2. The van der Waals surface area contributed by atoms with Gasteiger partial charge in [0.15, 0.2) is 0 Å². The lowest BCUT2D eigenvalue weighted by Gasteiger charge is -2.07. The van der Waals surface area contributed by atoms with Gasteiger partial charge in [0.2, 0.25) is 5.95 Å². The lowest BCUT2D eigenvalue weighted by atomic mass is 10.0. The molecule has 1 N–H and O–H groups in total. The third-order valence-corrected chi connectivity index (χ3v) is 2.86. The molecule has 0 bridgehead atoms. The highest BCUT2D eigenvalue weighted by Crippen LogP contribution is 2.26. The van der Waals surface area contributed by atoms with Crippen LogP contribution in [0.25, 0.3) is 11.1 Å². The fourth-order valence-corrected chi connectivity index (χ4v) is 1.96. The Bertz CT molecular complexity index is 632. The lowest BCUT2D eigenvalue weighted by molar-refractivity contribution is 0.0697. The minimum atomic E-state index is -1.03. The average molecular weight is 262 g/mol. The molecule has 2 aromatic rings. The molecule has 5 heteroatoms. The molecule has 0 unspecified atom stereocenters. The van der Waals surface area contributed by atoms with Crippen LogP contribution in [0.3, 0.4) is 0 Å². The number of nitrogens with zero attached hydrogens (tertiary/aromatic N) is 2. The van der Waals surface area contributed by atoms with Crippen molar-refractivity contribution in [1.29, 1.82) is 0 Å². The van der Waals surface area contributed by atoms with Gasteiger partial charge in [-0.15, -0.1) is 0 Å². The molecule has 100 valence electrons. The van der Waals surface area contributed by atoms with Gasteiger partial charge < -0.3 is 5.11 Å². The van der Waals surface area contributed by atoms with Crippen molar-refractivity contribution < 1.29 is 14.3 Å². The Kier molecular flexibility index (Phi) is 3.38. The molecule has 0 aliphatic heterocycles. The largest absolute Gasteiger partial charge is 0.478 e. The quantitative estimate of drug-likeness (QED) is 0.923.